The molecule has 3 rings (SSSR count). The van der Waals surface area contributed by atoms with Crippen molar-refractivity contribution in [1.29, 1.82) is 0 Å². The van der Waals surface area contributed by atoms with Gasteiger partial charge in [0.15, 0.2) is 8.07 Å². The molecule has 25 heavy (non-hydrogen) atoms. The van der Waals surface area contributed by atoms with Crippen LogP contribution in [0.3, 0.4) is 0 Å². The standard InChI is InChI=1S/C20H24N2OSSi/c1-20(2,3)25(16-11-7-5-8-12-16,17-13-9-6-10-14-17)19-18(24-4)15-21-22(19)23/h5-15,23H,1-4H3. The fourth-order valence-electron chi connectivity index (χ4n) is 3.85. The molecule has 1 aromatic heterocycles. The van der Waals surface area contributed by atoms with Gasteiger partial charge in [-0.1, -0.05) is 81.4 Å². The van der Waals surface area contributed by atoms with Crippen LogP contribution in [-0.2, 0) is 0 Å². The first-order chi connectivity index (χ1) is 11.9. The molecule has 0 aliphatic rings. The fourth-order valence-corrected chi connectivity index (χ4v) is 10.5. The highest BCUT2D eigenvalue weighted by molar-refractivity contribution is 7.98. The van der Waals surface area contributed by atoms with Crippen LogP contribution in [-0.4, -0.2) is 29.5 Å². The van der Waals surface area contributed by atoms with Crippen LogP contribution in [0.5, 0.6) is 0 Å². The van der Waals surface area contributed by atoms with E-state index in [4.69, 9.17) is 0 Å². The molecule has 0 spiro atoms. The third-order valence-electron chi connectivity index (χ3n) is 4.83. The lowest BCUT2D eigenvalue weighted by atomic mass is 10.2. The highest BCUT2D eigenvalue weighted by atomic mass is 32.2. The summed E-state index contributed by atoms with van der Waals surface area (Å²) in [5, 5.41) is 18.4. The van der Waals surface area contributed by atoms with E-state index in [2.05, 4.69) is 74.4 Å². The summed E-state index contributed by atoms with van der Waals surface area (Å²) in [5.41, 5.74) is 0. The van der Waals surface area contributed by atoms with E-state index in [-0.39, 0.29) is 5.04 Å². The average molecular weight is 369 g/mol. The SMILES string of the molecule is CSc1cnn(O)c1[Si](c1ccccc1)(c1ccccc1)C(C)(C)C. The van der Waals surface area contributed by atoms with Crippen LogP contribution in [0, 0.1) is 0 Å². The van der Waals surface area contributed by atoms with E-state index >= 15 is 0 Å². The van der Waals surface area contributed by atoms with Crippen molar-refractivity contribution in [2.45, 2.75) is 30.7 Å². The summed E-state index contributed by atoms with van der Waals surface area (Å²) in [6.07, 6.45) is 3.82. The van der Waals surface area contributed by atoms with Crippen molar-refractivity contribution < 1.29 is 5.21 Å². The lowest BCUT2D eigenvalue weighted by molar-refractivity contribution is 0.156. The number of aromatic nitrogens is 2. The molecule has 0 bridgehead atoms. The van der Waals surface area contributed by atoms with Crippen molar-refractivity contribution >= 4 is 35.5 Å². The lowest BCUT2D eigenvalue weighted by Gasteiger charge is -2.43. The minimum absolute atomic E-state index is 0.0688. The second-order valence-electron chi connectivity index (χ2n) is 7.18. The zero-order valence-corrected chi connectivity index (χ0v) is 16.9. The molecule has 0 fully saturated rings. The van der Waals surface area contributed by atoms with Gasteiger partial charge in [0.2, 0.25) is 0 Å². The first-order valence-corrected chi connectivity index (χ1v) is 11.6. The number of nitrogens with zero attached hydrogens (tertiary/aromatic N) is 2. The summed E-state index contributed by atoms with van der Waals surface area (Å²) in [6, 6.07) is 21.2. The van der Waals surface area contributed by atoms with Crippen molar-refractivity contribution in [1.82, 2.24) is 9.94 Å². The molecule has 2 aromatic carbocycles. The molecule has 0 aliphatic heterocycles. The number of hydrogen-bond donors (Lipinski definition) is 1. The van der Waals surface area contributed by atoms with Crippen molar-refractivity contribution in [2.24, 2.45) is 0 Å². The van der Waals surface area contributed by atoms with Crippen molar-refractivity contribution in [3.8, 4) is 0 Å². The van der Waals surface area contributed by atoms with E-state index in [1.54, 1.807) is 18.0 Å². The predicted octanol–water partition coefficient (Wildman–Crippen LogP) is 3.11. The van der Waals surface area contributed by atoms with Crippen molar-refractivity contribution in [3.63, 3.8) is 0 Å². The third kappa shape index (κ3) is 2.81. The van der Waals surface area contributed by atoms with Gasteiger partial charge in [0, 0.05) is 4.90 Å². The molecule has 0 atom stereocenters. The zero-order valence-electron chi connectivity index (χ0n) is 15.1. The Morgan fingerprint density at radius 2 is 1.40 bits per heavy atom. The van der Waals surface area contributed by atoms with Gasteiger partial charge >= 0.3 is 0 Å². The van der Waals surface area contributed by atoms with Crippen LogP contribution in [0.2, 0.25) is 5.04 Å². The molecule has 0 saturated carbocycles. The monoisotopic (exact) mass is 368 g/mol. The first kappa shape index (κ1) is 17.8. The smallest absolute Gasteiger partial charge is 0.182 e. The van der Waals surface area contributed by atoms with Crippen LogP contribution in [0.15, 0.2) is 71.8 Å². The summed E-state index contributed by atoms with van der Waals surface area (Å²) < 4.78 is 0. The van der Waals surface area contributed by atoms with E-state index in [0.29, 0.717) is 0 Å². The Balaban J connectivity index is 2.49. The van der Waals surface area contributed by atoms with Crippen LogP contribution < -0.4 is 15.7 Å². The lowest BCUT2D eigenvalue weighted by Crippen LogP contribution is -2.74. The maximum atomic E-state index is 10.7. The molecule has 1 N–H and O–H groups in total. The van der Waals surface area contributed by atoms with Gasteiger partial charge in [-0.25, -0.2) is 0 Å². The highest BCUT2D eigenvalue weighted by Crippen LogP contribution is 2.37. The molecule has 5 heteroatoms. The van der Waals surface area contributed by atoms with Gasteiger partial charge in [-0.3, -0.25) is 0 Å². The topological polar surface area (TPSA) is 38.0 Å². The minimum atomic E-state index is -2.55. The van der Waals surface area contributed by atoms with Crippen molar-refractivity contribution in [3.05, 3.63) is 66.9 Å². The number of thioether (sulfide) groups is 1. The molecule has 0 saturated heterocycles. The van der Waals surface area contributed by atoms with Gasteiger partial charge in [-0.2, -0.15) is 0 Å². The Kier molecular flexibility index (Phi) is 4.80. The Bertz CT molecular complexity index is 802. The Hall–Kier alpha value is -1.98. The molecule has 130 valence electrons. The summed E-state index contributed by atoms with van der Waals surface area (Å²) >= 11 is 1.64. The summed E-state index contributed by atoms with van der Waals surface area (Å²) in [6.45, 7) is 6.82. The van der Waals surface area contributed by atoms with E-state index in [1.165, 1.54) is 10.4 Å². The normalized spacial score (nSPS) is 12.3. The summed E-state index contributed by atoms with van der Waals surface area (Å²) in [4.78, 5) is 2.15. The van der Waals surface area contributed by atoms with Crippen LogP contribution in [0.25, 0.3) is 0 Å². The molecule has 0 unspecified atom stereocenters. The second kappa shape index (κ2) is 6.73. The quantitative estimate of drug-likeness (QED) is 0.437. The van der Waals surface area contributed by atoms with E-state index in [1.807, 2.05) is 18.4 Å². The van der Waals surface area contributed by atoms with Gasteiger partial charge in [-0.15, -0.1) is 21.7 Å². The highest BCUT2D eigenvalue weighted by Gasteiger charge is 2.53. The first-order valence-electron chi connectivity index (χ1n) is 8.35. The zero-order chi connectivity index (χ0) is 18.1. The molecule has 0 aliphatic carbocycles. The minimum Gasteiger partial charge on any atom is -0.412 e. The molecule has 3 aromatic rings. The van der Waals surface area contributed by atoms with E-state index in [0.717, 1.165) is 15.1 Å². The Morgan fingerprint density at radius 3 is 1.80 bits per heavy atom. The van der Waals surface area contributed by atoms with Gasteiger partial charge in [0.25, 0.3) is 0 Å². The number of rotatable bonds is 4. The molecule has 1 heterocycles. The van der Waals surface area contributed by atoms with Crippen molar-refractivity contribution in [2.75, 3.05) is 6.26 Å². The number of hydrogen-bond acceptors (Lipinski definition) is 3. The second-order valence-corrected chi connectivity index (χ2v) is 12.7. The van der Waals surface area contributed by atoms with Crippen LogP contribution in [0.1, 0.15) is 20.8 Å². The third-order valence-corrected chi connectivity index (χ3v) is 11.6. The molecular formula is C20H24N2OSSi. The fraction of sp³-hybridized carbons (Fsp3) is 0.250. The molecule has 0 radical (unpaired) electrons. The van der Waals surface area contributed by atoms with Gasteiger partial charge < -0.3 is 5.21 Å². The Labute approximate surface area is 154 Å². The molecule has 0 amide bonds. The van der Waals surface area contributed by atoms with Gasteiger partial charge in [0.1, 0.15) is 0 Å². The van der Waals surface area contributed by atoms with Gasteiger partial charge in [0.05, 0.1) is 11.5 Å². The summed E-state index contributed by atoms with van der Waals surface area (Å²) in [7, 11) is -2.55. The predicted molar refractivity (Wildman–Crippen MR) is 108 cm³/mol. The van der Waals surface area contributed by atoms with E-state index < -0.39 is 8.07 Å². The van der Waals surface area contributed by atoms with E-state index in [9.17, 15) is 5.21 Å². The maximum Gasteiger partial charge on any atom is 0.182 e. The molecule has 3 nitrogen and oxygen atoms in total. The van der Waals surface area contributed by atoms with Crippen LogP contribution in [0.4, 0.5) is 0 Å². The Morgan fingerprint density at radius 1 is 0.920 bits per heavy atom. The average Bonchev–Trinajstić information content (AvgIpc) is 2.98. The maximum absolute atomic E-state index is 10.7. The largest absolute Gasteiger partial charge is 0.412 e. The number of benzene rings is 2. The molecular weight excluding hydrogens is 344 g/mol. The summed E-state index contributed by atoms with van der Waals surface area (Å²) in [5.74, 6) is 0. The van der Waals surface area contributed by atoms with Crippen LogP contribution >= 0.6 is 11.8 Å². The van der Waals surface area contributed by atoms with Gasteiger partial charge in [-0.05, 0) is 21.7 Å².